The van der Waals surface area contributed by atoms with Gasteiger partial charge in [0.1, 0.15) is 0 Å². The molecule has 21 heavy (non-hydrogen) atoms. The molecule has 3 rings (SSSR count). The largest absolute Gasteiger partial charge is 0.380 e. The van der Waals surface area contributed by atoms with Crippen molar-refractivity contribution in [2.45, 2.75) is 32.5 Å². The number of methoxy groups -OCH3 is 1. The van der Waals surface area contributed by atoms with Gasteiger partial charge in [0.25, 0.3) is 0 Å². The molecule has 1 N–H and O–H groups in total. The fourth-order valence-electron chi connectivity index (χ4n) is 2.62. The zero-order valence-electron chi connectivity index (χ0n) is 12.5. The first kappa shape index (κ1) is 14.6. The maximum absolute atomic E-state index is 5.44. The van der Waals surface area contributed by atoms with Crippen LogP contribution in [0.15, 0.2) is 17.6 Å². The van der Waals surface area contributed by atoms with Gasteiger partial charge in [0.15, 0.2) is 0 Å². The van der Waals surface area contributed by atoms with Crippen LogP contribution in [0.2, 0.25) is 0 Å². The first-order chi connectivity index (χ1) is 10.3. The van der Waals surface area contributed by atoms with Gasteiger partial charge in [-0.3, -0.25) is 4.68 Å². The van der Waals surface area contributed by atoms with Gasteiger partial charge in [-0.1, -0.05) is 0 Å². The van der Waals surface area contributed by atoms with Gasteiger partial charge in [-0.25, -0.2) is 0 Å². The summed E-state index contributed by atoms with van der Waals surface area (Å²) >= 11 is 1.76. The summed E-state index contributed by atoms with van der Waals surface area (Å²) in [5.74, 6) is 0. The molecule has 0 spiro atoms. The molecule has 3 heterocycles. The van der Waals surface area contributed by atoms with Gasteiger partial charge >= 0.3 is 0 Å². The molecule has 1 saturated heterocycles. The Hall–Kier alpha value is -1.37. The van der Waals surface area contributed by atoms with E-state index in [0.29, 0.717) is 12.6 Å². The average Bonchev–Trinajstić information content (AvgIpc) is 3.18. The lowest BCUT2D eigenvalue weighted by atomic mass is 10.2. The van der Waals surface area contributed by atoms with Crippen LogP contribution in [0.3, 0.4) is 0 Å². The molecule has 2 aromatic rings. The second kappa shape index (κ2) is 6.60. The summed E-state index contributed by atoms with van der Waals surface area (Å²) in [5.41, 5.74) is 3.51. The van der Waals surface area contributed by atoms with Gasteiger partial charge < -0.3 is 14.8 Å². The highest BCUT2D eigenvalue weighted by atomic mass is 32.1. The van der Waals surface area contributed by atoms with Crippen molar-refractivity contribution >= 4 is 17.0 Å². The minimum absolute atomic E-state index is 0.385. The lowest BCUT2D eigenvalue weighted by molar-refractivity contribution is 0.184. The van der Waals surface area contributed by atoms with Gasteiger partial charge in [0.05, 0.1) is 36.8 Å². The quantitative estimate of drug-likeness (QED) is 0.891. The van der Waals surface area contributed by atoms with Crippen LogP contribution in [0.5, 0.6) is 0 Å². The number of nitrogens with one attached hydrogen (secondary N) is 1. The van der Waals surface area contributed by atoms with Gasteiger partial charge in [-0.2, -0.15) is 5.10 Å². The molecule has 2 aromatic heterocycles. The van der Waals surface area contributed by atoms with Crippen molar-refractivity contribution in [3.8, 4) is 0 Å². The van der Waals surface area contributed by atoms with E-state index < -0.39 is 0 Å². The van der Waals surface area contributed by atoms with E-state index in [9.17, 15) is 0 Å². The summed E-state index contributed by atoms with van der Waals surface area (Å²) in [7, 11) is 1.72. The third kappa shape index (κ3) is 3.28. The van der Waals surface area contributed by atoms with Crippen molar-refractivity contribution in [2.75, 3.05) is 25.6 Å². The maximum atomic E-state index is 5.44. The zero-order valence-corrected chi connectivity index (χ0v) is 13.3. The van der Waals surface area contributed by atoms with Crippen LogP contribution in [-0.4, -0.2) is 30.1 Å². The molecule has 6 heteroatoms. The monoisotopic (exact) mass is 307 g/mol. The predicted molar refractivity (Wildman–Crippen MR) is 83.8 cm³/mol. The molecule has 1 fully saturated rings. The molecule has 1 atom stereocenters. The van der Waals surface area contributed by atoms with Crippen molar-refractivity contribution in [3.63, 3.8) is 0 Å². The summed E-state index contributed by atoms with van der Waals surface area (Å²) in [5, 5.41) is 10.1. The average molecular weight is 307 g/mol. The molecule has 1 aliphatic heterocycles. The lowest BCUT2D eigenvalue weighted by Gasteiger charge is -2.11. The highest BCUT2D eigenvalue weighted by Gasteiger charge is 2.20. The Kier molecular flexibility index (Phi) is 4.57. The van der Waals surface area contributed by atoms with Crippen LogP contribution in [0, 0.1) is 6.92 Å². The molecule has 1 unspecified atom stereocenters. The molecule has 0 radical (unpaired) electrons. The second-order valence-corrected chi connectivity index (χ2v) is 6.31. The standard InChI is InChI=1S/C15H21N3O2S/c1-11-15(7-17-18(11)13-3-4-20-9-13)16-6-14-5-12(8-19-2)10-21-14/h5,7,10,13,16H,3-4,6,8-9H2,1-2H3. The van der Waals surface area contributed by atoms with Crippen molar-refractivity contribution in [1.82, 2.24) is 9.78 Å². The number of nitrogens with zero attached hydrogens (tertiary/aromatic N) is 2. The van der Waals surface area contributed by atoms with E-state index in [4.69, 9.17) is 9.47 Å². The highest BCUT2D eigenvalue weighted by molar-refractivity contribution is 7.10. The van der Waals surface area contributed by atoms with E-state index in [2.05, 4.69) is 33.5 Å². The van der Waals surface area contributed by atoms with Crippen LogP contribution in [0.1, 0.15) is 28.6 Å². The zero-order chi connectivity index (χ0) is 14.7. The number of thiophene rings is 1. The second-order valence-electron chi connectivity index (χ2n) is 5.31. The Labute approximate surface area is 128 Å². The normalized spacial score (nSPS) is 18.3. The van der Waals surface area contributed by atoms with E-state index in [-0.39, 0.29) is 0 Å². The smallest absolute Gasteiger partial charge is 0.0778 e. The molecule has 0 aromatic carbocycles. The summed E-state index contributed by atoms with van der Waals surface area (Å²) in [6.45, 7) is 5.22. The topological polar surface area (TPSA) is 48.3 Å². The third-order valence-electron chi connectivity index (χ3n) is 3.77. The molecule has 0 saturated carbocycles. The summed E-state index contributed by atoms with van der Waals surface area (Å²) < 4.78 is 12.7. The van der Waals surface area contributed by atoms with E-state index in [1.54, 1.807) is 18.4 Å². The van der Waals surface area contributed by atoms with Gasteiger partial charge in [0, 0.05) is 25.1 Å². The van der Waals surface area contributed by atoms with Crippen LogP contribution >= 0.6 is 11.3 Å². The molecule has 5 nitrogen and oxygen atoms in total. The minimum atomic E-state index is 0.385. The molecule has 1 aliphatic rings. The first-order valence-corrected chi connectivity index (χ1v) is 8.07. The Balaban J connectivity index is 1.62. The van der Waals surface area contributed by atoms with Crippen LogP contribution in [0.25, 0.3) is 0 Å². The highest BCUT2D eigenvalue weighted by Crippen LogP contribution is 2.25. The number of hydrogen-bond donors (Lipinski definition) is 1. The summed E-state index contributed by atoms with van der Waals surface area (Å²) in [6.07, 6.45) is 2.96. The molecule has 0 bridgehead atoms. The first-order valence-electron chi connectivity index (χ1n) is 7.19. The third-order valence-corrected chi connectivity index (χ3v) is 4.75. The Morgan fingerprint density at radius 1 is 1.57 bits per heavy atom. The number of anilines is 1. The van der Waals surface area contributed by atoms with Crippen LogP contribution < -0.4 is 5.32 Å². The summed E-state index contributed by atoms with van der Waals surface area (Å²) in [4.78, 5) is 1.30. The van der Waals surface area contributed by atoms with Crippen molar-refractivity contribution in [3.05, 3.63) is 33.8 Å². The van der Waals surface area contributed by atoms with Gasteiger partial charge in [-0.05, 0) is 30.4 Å². The number of aromatic nitrogens is 2. The molecular weight excluding hydrogens is 286 g/mol. The molecular formula is C15H21N3O2S. The van der Waals surface area contributed by atoms with Gasteiger partial charge in [0.2, 0.25) is 0 Å². The van der Waals surface area contributed by atoms with Crippen LogP contribution in [-0.2, 0) is 22.6 Å². The number of ether oxygens (including phenoxy) is 2. The van der Waals surface area contributed by atoms with E-state index in [0.717, 1.165) is 31.9 Å². The summed E-state index contributed by atoms with van der Waals surface area (Å²) in [6, 6.07) is 2.57. The van der Waals surface area contributed by atoms with Crippen LogP contribution in [0.4, 0.5) is 5.69 Å². The molecule has 0 amide bonds. The van der Waals surface area contributed by atoms with Gasteiger partial charge in [-0.15, -0.1) is 11.3 Å². The number of hydrogen-bond acceptors (Lipinski definition) is 5. The Morgan fingerprint density at radius 2 is 2.48 bits per heavy atom. The van der Waals surface area contributed by atoms with Crippen molar-refractivity contribution < 1.29 is 9.47 Å². The van der Waals surface area contributed by atoms with Crippen molar-refractivity contribution in [1.29, 1.82) is 0 Å². The van der Waals surface area contributed by atoms with Crippen molar-refractivity contribution in [2.24, 2.45) is 0 Å². The predicted octanol–water partition coefficient (Wildman–Crippen LogP) is 2.97. The van der Waals surface area contributed by atoms with E-state index in [1.165, 1.54) is 16.1 Å². The Morgan fingerprint density at radius 3 is 3.24 bits per heavy atom. The fraction of sp³-hybridized carbons (Fsp3) is 0.533. The van der Waals surface area contributed by atoms with E-state index >= 15 is 0 Å². The molecule has 114 valence electrons. The Bertz CT molecular complexity index is 588. The van der Waals surface area contributed by atoms with E-state index in [1.807, 2.05) is 6.20 Å². The SMILES string of the molecule is COCc1csc(CNc2cnn(C3CCOC3)c2C)c1. The minimum Gasteiger partial charge on any atom is -0.380 e. The lowest BCUT2D eigenvalue weighted by Crippen LogP contribution is -2.12. The maximum Gasteiger partial charge on any atom is 0.0778 e. The fourth-order valence-corrected chi connectivity index (χ4v) is 3.44. The molecule has 0 aliphatic carbocycles. The number of rotatable bonds is 6.